The van der Waals surface area contributed by atoms with Crippen LogP contribution in [0.1, 0.15) is 15.9 Å². The maximum Gasteiger partial charge on any atom is 0.416 e. The van der Waals surface area contributed by atoms with E-state index in [9.17, 15) is 40.0 Å². The first-order valence-electron chi connectivity index (χ1n) is 11.4. The van der Waals surface area contributed by atoms with E-state index in [0.29, 0.717) is 12.1 Å². The Kier molecular flexibility index (Phi) is 8.76. The van der Waals surface area contributed by atoms with Crippen molar-refractivity contribution in [2.45, 2.75) is 16.0 Å². The number of amides is 3. The van der Waals surface area contributed by atoms with Crippen LogP contribution in [0.5, 0.6) is 11.5 Å². The number of imide groups is 1. The first-order valence-corrected chi connectivity index (χ1v) is 13.7. The van der Waals surface area contributed by atoms with Crippen molar-refractivity contribution in [2.75, 3.05) is 5.32 Å². The number of nitrogens with one attached hydrogen (secondary N) is 2. The molecule has 0 atom stereocenters. The summed E-state index contributed by atoms with van der Waals surface area (Å²) in [7, 11) is -4.27. The van der Waals surface area contributed by atoms with E-state index >= 15 is 0 Å². The molecule has 4 aromatic carbocycles. The number of hydrogen-bond donors (Lipinski definition) is 2. The summed E-state index contributed by atoms with van der Waals surface area (Å²) >= 11 is 12.0. The molecule has 3 amide bonds. The fourth-order valence-electron chi connectivity index (χ4n) is 3.54. The standard InChI is InChI=1S/C27H15Cl2F5N2O5S/c28-18-13-15(35-26(38)36-25(37)24-20(30)2-1-3-21(24)31)5-10-22(18)41-16-6-8-17(9-7-16)42(39,40)23-11-4-14(12-19(23)29)27(32,33)34/h1-13H,(H2,35,36,37,38). The molecule has 0 aromatic heterocycles. The first kappa shape index (κ1) is 30.8. The zero-order valence-corrected chi connectivity index (χ0v) is 22.9. The Morgan fingerprint density at radius 2 is 1.45 bits per heavy atom. The number of alkyl halides is 3. The van der Waals surface area contributed by atoms with Crippen LogP contribution in [0.25, 0.3) is 0 Å². The quantitative estimate of drug-likeness (QED) is 0.208. The molecule has 0 radical (unpaired) electrons. The highest BCUT2D eigenvalue weighted by Crippen LogP contribution is 2.36. The first-order chi connectivity index (χ1) is 19.7. The van der Waals surface area contributed by atoms with E-state index in [1.807, 2.05) is 0 Å². The molecule has 7 nitrogen and oxygen atoms in total. The van der Waals surface area contributed by atoms with Gasteiger partial charge in [-0.3, -0.25) is 10.1 Å². The molecule has 42 heavy (non-hydrogen) atoms. The fourth-order valence-corrected chi connectivity index (χ4v) is 5.56. The van der Waals surface area contributed by atoms with E-state index in [1.54, 1.807) is 5.32 Å². The number of ether oxygens (including phenoxy) is 1. The summed E-state index contributed by atoms with van der Waals surface area (Å²) in [6.07, 6.45) is -4.70. The molecule has 0 saturated carbocycles. The van der Waals surface area contributed by atoms with Gasteiger partial charge in [0.1, 0.15) is 28.7 Å². The van der Waals surface area contributed by atoms with E-state index in [-0.39, 0.29) is 27.1 Å². The zero-order valence-electron chi connectivity index (χ0n) is 20.6. The molecule has 0 spiro atoms. The molecule has 2 N–H and O–H groups in total. The number of urea groups is 1. The lowest BCUT2D eigenvalue weighted by Gasteiger charge is -2.12. The Bertz CT molecular complexity index is 1780. The van der Waals surface area contributed by atoms with Gasteiger partial charge in [-0.05, 0) is 72.8 Å². The monoisotopic (exact) mass is 644 g/mol. The van der Waals surface area contributed by atoms with Gasteiger partial charge in [0.15, 0.2) is 0 Å². The molecule has 0 bridgehead atoms. The number of anilines is 1. The van der Waals surface area contributed by atoms with Gasteiger partial charge in [0.25, 0.3) is 5.91 Å². The van der Waals surface area contributed by atoms with Crippen LogP contribution in [0.3, 0.4) is 0 Å². The second-order valence-corrected chi connectivity index (χ2v) is 11.1. The van der Waals surface area contributed by atoms with Crippen LogP contribution in [0.4, 0.5) is 32.4 Å². The van der Waals surface area contributed by atoms with E-state index in [0.717, 1.165) is 36.4 Å². The van der Waals surface area contributed by atoms with Crippen LogP contribution in [0.15, 0.2) is 88.7 Å². The molecule has 4 aromatic rings. The van der Waals surface area contributed by atoms with E-state index in [2.05, 4.69) is 5.32 Å². The number of sulfone groups is 1. The molecule has 0 aliphatic rings. The minimum atomic E-state index is -4.70. The number of hydrogen-bond acceptors (Lipinski definition) is 5. The average Bonchev–Trinajstić information content (AvgIpc) is 2.89. The van der Waals surface area contributed by atoms with Crippen LogP contribution in [0.2, 0.25) is 10.0 Å². The Balaban J connectivity index is 1.43. The molecule has 0 heterocycles. The van der Waals surface area contributed by atoms with Crippen molar-refractivity contribution in [1.29, 1.82) is 0 Å². The molecular formula is C27H15Cl2F5N2O5S. The topological polar surface area (TPSA) is 102 Å². The highest BCUT2D eigenvalue weighted by Gasteiger charge is 2.32. The van der Waals surface area contributed by atoms with Crippen LogP contribution in [-0.4, -0.2) is 20.4 Å². The Morgan fingerprint density at radius 3 is 2.02 bits per heavy atom. The van der Waals surface area contributed by atoms with Gasteiger partial charge in [-0.2, -0.15) is 13.2 Å². The molecule has 218 valence electrons. The molecule has 0 aliphatic carbocycles. The van der Waals surface area contributed by atoms with Crippen molar-refractivity contribution in [3.63, 3.8) is 0 Å². The summed E-state index contributed by atoms with van der Waals surface area (Å²) in [5.74, 6) is -3.41. The van der Waals surface area contributed by atoms with Gasteiger partial charge in [0, 0.05) is 5.69 Å². The van der Waals surface area contributed by atoms with Crippen LogP contribution in [-0.2, 0) is 16.0 Å². The van der Waals surface area contributed by atoms with Crippen LogP contribution < -0.4 is 15.4 Å². The van der Waals surface area contributed by atoms with Crippen molar-refractivity contribution >= 4 is 50.7 Å². The van der Waals surface area contributed by atoms with Crippen molar-refractivity contribution in [3.05, 3.63) is 112 Å². The van der Waals surface area contributed by atoms with Gasteiger partial charge in [-0.25, -0.2) is 22.0 Å². The summed E-state index contributed by atoms with van der Waals surface area (Å²) in [6.45, 7) is 0. The summed E-state index contributed by atoms with van der Waals surface area (Å²) in [5, 5.41) is 3.45. The predicted molar refractivity (Wildman–Crippen MR) is 143 cm³/mol. The summed E-state index contributed by atoms with van der Waals surface area (Å²) < 4.78 is 97.6. The van der Waals surface area contributed by atoms with Gasteiger partial charge in [-0.1, -0.05) is 29.3 Å². The number of carbonyl (C=O) groups excluding carboxylic acids is 2. The third kappa shape index (κ3) is 6.81. The summed E-state index contributed by atoms with van der Waals surface area (Å²) in [4.78, 5) is 23.4. The lowest BCUT2D eigenvalue weighted by Crippen LogP contribution is -2.35. The van der Waals surface area contributed by atoms with Gasteiger partial charge in [-0.15, -0.1) is 0 Å². The average molecular weight is 645 g/mol. The van der Waals surface area contributed by atoms with Crippen molar-refractivity contribution in [1.82, 2.24) is 5.32 Å². The van der Waals surface area contributed by atoms with E-state index < -0.39 is 60.6 Å². The van der Waals surface area contributed by atoms with E-state index in [4.69, 9.17) is 27.9 Å². The van der Waals surface area contributed by atoms with Gasteiger partial charge >= 0.3 is 12.2 Å². The van der Waals surface area contributed by atoms with Crippen LogP contribution in [0, 0.1) is 11.6 Å². The Morgan fingerprint density at radius 1 is 0.810 bits per heavy atom. The highest BCUT2D eigenvalue weighted by molar-refractivity contribution is 7.91. The van der Waals surface area contributed by atoms with Crippen molar-refractivity contribution < 1.29 is 44.7 Å². The van der Waals surface area contributed by atoms with E-state index in [1.165, 1.54) is 30.3 Å². The molecule has 15 heteroatoms. The molecular weight excluding hydrogens is 630 g/mol. The number of halogens is 7. The number of rotatable bonds is 6. The molecule has 0 aliphatic heterocycles. The summed E-state index contributed by atoms with van der Waals surface area (Å²) in [6, 6.07) is 12.4. The maximum atomic E-state index is 13.7. The smallest absolute Gasteiger partial charge is 0.416 e. The second-order valence-electron chi connectivity index (χ2n) is 8.37. The predicted octanol–water partition coefficient (Wildman–Crippen LogP) is 7.88. The minimum Gasteiger partial charge on any atom is -0.456 e. The van der Waals surface area contributed by atoms with Gasteiger partial charge < -0.3 is 10.1 Å². The lowest BCUT2D eigenvalue weighted by molar-refractivity contribution is -0.137. The molecule has 0 unspecified atom stereocenters. The number of carbonyl (C=O) groups is 2. The Hall–Kier alpha value is -4.20. The normalized spacial score (nSPS) is 11.6. The SMILES string of the molecule is O=C(NC(=O)c1c(F)cccc1F)Nc1ccc(Oc2ccc(S(=O)(=O)c3ccc(C(F)(F)F)cc3Cl)cc2)c(Cl)c1. The third-order valence-electron chi connectivity index (χ3n) is 5.52. The maximum absolute atomic E-state index is 13.7. The number of benzene rings is 4. The van der Waals surface area contributed by atoms with Crippen LogP contribution >= 0.6 is 23.2 Å². The van der Waals surface area contributed by atoms with Crippen molar-refractivity contribution in [3.8, 4) is 11.5 Å². The highest BCUT2D eigenvalue weighted by atomic mass is 35.5. The molecule has 4 rings (SSSR count). The zero-order chi connectivity index (χ0) is 30.8. The Labute approximate surface area is 244 Å². The second kappa shape index (κ2) is 12.0. The largest absolute Gasteiger partial charge is 0.456 e. The lowest BCUT2D eigenvalue weighted by atomic mass is 10.2. The molecule has 0 fully saturated rings. The van der Waals surface area contributed by atoms with Crippen molar-refractivity contribution in [2.24, 2.45) is 0 Å². The fraction of sp³-hybridized carbons (Fsp3) is 0.0370. The minimum absolute atomic E-state index is 0.0208. The molecule has 0 saturated heterocycles. The van der Waals surface area contributed by atoms with Gasteiger partial charge in [0.2, 0.25) is 9.84 Å². The van der Waals surface area contributed by atoms with Gasteiger partial charge in [0.05, 0.1) is 25.4 Å². The third-order valence-corrected chi connectivity index (χ3v) is 8.07. The summed E-state index contributed by atoms with van der Waals surface area (Å²) in [5.41, 5.74) is -1.95.